The van der Waals surface area contributed by atoms with Crippen LogP contribution in [0.15, 0.2) is 0 Å². The van der Waals surface area contributed by atoms with E-state index in [9.17, 15) is 24.0 Å². The third-order valence-corrected chi connectivity index (χ3v) is 4.86. The fraction of sp³-hybridized carbons (Fsp3) is 0.773. The van der Waals surface area contributed by atoms with Crippen molar-refractivity contribution in [2.24, 2.45) is 17.4 Å². The molecule has 0 aromatic heterocycles. The molecule has 0 radical (unpaired) electrons. The van der Waals surface area contributed by atoms with E-state index in [0.29, 0.717) is 51.6 Å². The van der Waals surface area contributed by atoms with Crippen molar-refractivity contribution in [1.29, 1.82) is 0 Å². The van der Waals surface area contributed by atoms with E-state index in [1.54, 1.807) is 0 Å². The van der Waals surface area contributed by atoms with Gasteiger partial charge in [0.2, 0.25) is 29.5 Å². The third-order valence-electron chi connectivity index (χ3n) is 4.86. The van der Waals surface area contributed by atoms with Gasteiger partial charge in [0.15, 0.2) is 0 Å². The van der Waals surface area contributed by atoms with Gasteiger partial charge < -0.3 is 32.7 Å². The van der Waals surface area contributed by atoms with Gasteiger partial charge in [-0.3, -0.25) is 24.0 Å². The summed E-state index contributed by atoms with van der Waals surface area (Å²) < 4.78 is 0. The fourth-order valence-corrected chi connectivity index (χ4v) is 3.14. The first-order valence-electron chi connectivity index (χ1n) is 11.7. The lowest BCUT2D eigenvalue weighted by atomic mass is 10.0. The van der Waals surface area contributed by atoms with Crippen molar-refractivity contribution in [3.63, 3.8) is 0 Å². The van der Waals surface area contributed by atoms with E-state index < -0.39 is 29.8 Å². The molecule has 0 aliphatic carbocycles. The van der Waals surface area contributed by atoms with Crippen LogP contribution < -0.4 is 32.7 Å². The SMILES string of the molecule is CC(=O)NCCCC[C@H](NC(=O)CNC(=O)[C@H](CC(C)C)NC(=O)CCCCCN)C(N)=O. The topological polar surface area (TPSA) is 186 Å². The maximum absolute atomic E-state index is 12.6. The number of nitrogens with one attached hydrogen (secondary N) is 4. The smallest absolute Gasteiger partial charge is 0.243 e. The Labute approximate surface area is 196 Å². The molecular weight excluding hydrogens is 428 g/mol. The van der Waals surface area contributed by atoms with Crippen molar-refractivity contribution in [1.82, 2.24) is 21.3 Å². The molecule has 0 rings (SSSR count). The minimum absolute atomic E-state index is 0.135. The first-order chi connectivity index (χ1) is 15.6. The molecule has 0 bridgehead atoms. The van der Waals surface area contributed by atoms with Crippen molar-refractivity contribution >= 4 is 29.5 Å². The molecule has 5 amide bonds. The summed E-state index contributed by atoms with van der Waals surface area (Å²) in [5, 5.41) is 10.4. The number of carbonyl (C=O) groups excluding carboxylic acids is 5. The number of hydrogen-bond donors (Lipinski definition) is 6. The lowest BCUT2D eigenvalue weighted by Crippen LogP contribution is -2.51. The van der Waals surface area contributed by atoms with Gasteiger partial charge in [0, 0.05) is 19.9 Å². The molecular formula is C22H42N6O5. The Morgan fingerprint density at radius 3 is 2.06 bits per heavy atom. The molecule has 33 heavy (non-hydrogen) atoms. The van der Waals surface area contributed by atoms with Gasteiger partial charge in [-0.25, -0.2) is 0 Å². The van der Waals surface area contributed by atoms with Gasteiger partial charge in [-0.2, -0.15) is 0 Å². The van der Waals surface area contributed by atoms with E-state index in [1.165, 1.54) is 6.92 Å². The van der Waals surface area contributed by atoms with Crippen LogP contribution in [-0.4, -0.2) is 61.3 Å². The Balaban J connectivity index is 4.56. The summed E-state index contributed by atoms with van der Waals surface area (Å²) in [6, 6.07) is -1.62. The summed E-state index contributed by atoms with van der Waals surface area (Å²) in [5.74, 6) is -1.88. The van der Waals surface area contributed by atoms with Crippen LogP contribution in [-0.2, 0) is 24.0 Å². The van der Waals surface area contributed by atoms with Crippen LogP contribution in [0.25, 0.3) is 0 Å². The van der Waals surface area contributed by atoms with Crippen LogP contribution in [0.5, 0.6) is 0 Å². The zero-order chi connectivity index (χ0) is 25.2. The Kier molecular flexibility index (Phi) is 16.4. The lowest BCUT2D eigenvalue weighted by molar-refractivity contribution is -0.131. The Bertz CT molecular complexity index is 641. The van der Waals surface area contributed by atoms with Crippen LogP contribution in [0.1, 0.15) is 72.1 Å². The van der Waals surface area contributed by atoms with Gasteiger partial charge >= 0.3 is 0 Å². The first kappa shape index (κ1) is 30.3. The predicted molar refractivity (Wildman–Crippen MR) is 126 cm³/mol. The highest BCUT2D eigenvalue weighted by Crippen LogP contribution is 2.07. The second kappa shape index (κ2) is 17.8. The molecule has 8 N–H and O–H groups in total. The van der Waals surface area contributed by atoms with Gasteiger partial charge in [0.25, 0.3) is 0 Å². The molecule has 2 atom stereocenters. The minimum atomic E-state index is -0.869. The summed E-state index contributed by atoms with van der Waals surface area (Å²) in [7, 11) is 0. The molecule has 0 aliphatic heterocycles. The highest BCUT2D eigenvalue weighted by molar-refractivity contribution is 5.92. The summed E-state index contributed by atoms with van der Waals surface area (Å²) in [4.78, 5) is 59.4. The molecule has 0 saturated heterocycles. The number of primary amides is 1. The van der Waals surface area contributed by atoms with E-state index in [1.807, 2.05) is 13.8 Å². The predicted octanol–water partition coefficient (Wildman–Crippen LogP) is -0.571. The maximum atomic E-state index is 12.6. The van der Waals surface area contributed by atoms with Crippen molar-refractivity contribution in [2.45, 2.75) is 84.2 Å². The van der Waals surface area contributed by atoms with Gasteiger partial charge in [-0.15, -0.1) is 0 Å². The van der Waals surface area contributed by atoms with Crippen LogP contribution >= 0.6 is 0 Å². The zero-order valence-electron chi connectivity index (χ0n) is 20.2. The molecule has 0 spiro atoms. The van der Waals surface area contributed by atoms with Crippen molar-refractivity contribution < 1.29 is 24.0 Å². The first-order valence-corrected chi connectivity index (χ1v) is 11.7. The van der Waals surface area contributed by atoms with Gasteiger partial charge in [0.1, 0.15) is 12.1 Å². The molecule has 0 heterocycles. The second-order valence-electron chi connectivity index (χ2n) is 8.57. The quantitative estimate of drug-likeness (QED) is 0.146. The molecule has 11 heteroatoms. The van der Waals surface area contributed by atoms with Crippen molar-refractivity contribution in [2.75, 3.05) is 19.6 Å². The van der Waals surface area contributed by atoms with Crippen LogP contribution in [0.4, 0.5) is 0 Å². The van der Waals surface area contributed by atoms with Gasteiger partial charge in [-0.05, 0) is 51.0 Å². The largest absolute Gasteiger partial charge is 0.368 e. The number of rotatable bonds is 18. The zero-order valence-corrected chi connectivity index (χ0v) is 20.2. The molecule has 0 unspecified atom stereocenters. The minimum Gasteiger partial charge on any atom is -0.368 e. The standard InChI is InChI=1S/C22H42N6O5/c1-15(2)13-18(28-19(30)10-5-4-7-11-23)22(33)26-14-20(31)27-17(21(24)32)9-6-8-12-25-16(3)29/h15,17-18H,4-14,23H2,1-3H3,(H2,24,32)(H,25,29)(H,26,33)(H,27,31)(H,28,30)/t17-,18-/m0/s1. The van der Waals surface area contributed by atoms with E-state index in [0.717, 1.165) is 12.8 Å². The third kappa shape index (κ3) is 16.6. The van der Waals surface area contributed by atoms with E-state index in [4.69, 9.17) is 11.5 Å². The normalized spacial score (nSPS) is 12.5. The molecule has 0 aromatic carbocycles. The average Bonchev–Trinajstić information content (AvgIpc) is 2.72. The number of amides is 5. The maximum Gasteiger partial charge on any atom is 0.243 e. The highest BCUT2D eigenvalue weighted by atomic mass is 16.2. The van der Waals surface area contributed by atoms with E-state index in [2.05, 4.69) is 21.3 Å². The Morgan fingerprint density at radius 2 is 1.48 bits per heavy atom. The molecule has 11 nitrogen and oxygen atoms in total. The van der Waals surface area contributed by atoms with E-state index in [-0.39, 0.29) is 24.3 Å². The van der Waals surface area contributed by atoms with Crippen LogP contribution in [0.2, 0.25) is 0 Å². The van der Waals surface area contributed by atoms with Crippen LogP contribution in [0, 0.1) is 5.92 Å². The second-order valence-corrected chi connectivity index (χ2v) is 8.57. The van der Waals surface area contributed by atoms with Crippen molar-refractivity contribution in [3.8, 4) is 0 Å². The summed E-state index contributed by atoms with van der Waals surface area (Å²) >= 11 is 0. The summed E-state index contributed by atoms with van der Waals surface area (Å²) in [5.41, 5.74) is 10.8. The number of hydrogen-bond acceptors (Lipinski definition) is 6. The van der Waals surface area contributed by atoms with Crippen molar-refractivity contribution in [3.05, 3.63) is 0 Å². The van der Waals surface area contributed by atoms with Crippen LogP contribution in [0.3, 0.4) is 0 Å². The number of unbranched alkanes of at least 4 members (excludes halogenated alkanes) is 3. The average molecular weight is 471 g/mol. The molecule has 0 aliphatic rings. The monoisotopic (exact) mass is 470 g/mol. The molecule has 190 valence electrons. The molecule has 0 saturated carbocycles. The number of nitrogens with two attached hydrogens (primary N) is 2. The molecule has 0 fully saturated rings. The van der Waals surface area contributed by atoms with Gasteiger partial charge in [-0.1, -0.05) is 20.3 Å². The van der Waals surface area contributed by atoms with Gasteiger partial charge in [0.05, 0.1) is 6.54 Å². The summed E-state index contributed by atoms with van der Waals surface area (Å²) in [6.45, 7) is 6.00. The lowest BCUT2D eigenvalue weighted by Gasteiger charge is -2.21. The fourth-order valence-electron chi connectivity index (χ4n) is 3.14. The Morgan fingerprint density at radius 1 is 0.818 bits per heavy atom. The van der Waals surface area contributed by atoms with E-state index >= 15 is 0 Å². The number of carbonyl (C=O) groups is 5. The Hall–Kier alpha value is -2.69. The molecule has 0 aromatic rings. The highest BCUT2D eigenvalue weighted by Gasteiger charge is 2.23. The summed E-state index contributed by atoms with van der Waals surface area (Å²) in [6.07, 6.45) is 4.67.